The second-order valence-electron chi connectivity index (χ2n) is 4.63. The molecule has 5 heteroatoms. The Bertz CT molecular complexity index is 560. The predicted octanol–water partition coefficient (Wildman–Crippen LogP) is 1.02. The molecule has 0 fully saturated rings. The number of pyridine rings is 1. The first kappa shape index (κ1) is 11.6. The van der Waals surface area contributed by atoms with Gasteiger partial charge in [-0.05, 0) is 12.1 Å². The van der Waals surface area contributed by atoms with Crippen LogP contribution in [0, 0.1) is 0 Å². The Balaban J connectivity index is 2.56. The van der Waals surface area contributed by atoms with Crippen molar-refractivity contribution >= 4 is 11.5 Å². The topological polar surface area (TPSA) is 80.6 Å². The molecular formula is C12H15N3O2. The third-order valence-corrected chi connectivity index (χ3v) is 3.16. The maximum absolute atomic E-state index is 11.0. The highest BCUT2D eigenvalue weighted by molar-refractivity contribution is 5.76. The minimum atomic E-state index is -1.01. The molecule has 90 valence electrons. The van der Waals surface area contributed by atoms with Gasteiger partial charge in [-0.25, -0.2) is 4.52 Å². The number of fused-ring (bicyclic) bond motifs is 1. The van der Waals surface area contributed by atoms with Crippen molar-refractivity contribution < 1.29 is 9.90 Å². The zero-order valence-corrected chi connectivity index (χ0v) is 9.79. The number of aliphatic carboxylic acids is 1. The molecule has 0 saturated heterocycles. The first-order valence-corrected chi connectivity index (χ1v) is 5.36. The molecule has 0 radical (unpaired) electrons. The lowest BCUT2D eigenvalue weighted by atomic mass is 9.78. The molecule has 0 aliphatic rings. The van der Waals surface area contributed by atoms with Crippen molar-refractivity contribution in [3.8, 4) is 0 Å². The lowest BCUT2D eigenvalue weighted by molar-refractivity contribution is -0.140. The van der Waals surface area contributed by atoms with Crippen molar-refractivity contribution in [2.24, 2.45) is 5.73 Å². The molecular weight excluding hydrogens is 218 g/mol. The molecule has 0 saturated carbocycles. The van der Waals surface area contributed by atoms with Gasteiger partial charge in [0.15, 0.2) is 0 Å². The molecule has 0 spiro atoms. The monoisotopic (exact) mass is 233 g/mol. The number of hydrogen-bond donors (Lipinski definition) is 2. The van der Waals surface area contributed by atoms with Gasteiger partial charge in [0, 0.05) is 17.2 Å². The van der Waals surface area contributed by atoms with E-state index in [1.165, 1.54) is 0 Å². The number of nitrogens with zero attached hydrogens (tertiary/aromatic N) is 2. The summed E-state index contributed by atoms with van der Waals surface area (Å²) in [5.41, 5.74) is 6.79. The maximum Gasteiger partial charge on any atom is 0.321 e. The van der Waals surface area contributed by atoms with Crippen molar-refractivity contribution in [3.63, 3.8) is 0 Å². The van der Waals surface area contributed by atoms with Gasteiger partial charge >= 0.3 is 5.97 Å². The molecule has 0 bridgehead atoms. The van der Waals surface area contributed by atoms with E-state index >= 15 is 0 Å². The van der Waals surface area contributed by atoms with Gasteiger partial charge in [-0.1, -0.05) is 19.9 Å². The number of carbonyl (C=O) groups is 1. The van der Waals surface area contributed by atoms with Gasteiger partial charge in [0.2, 0.25) is 0 Å². The molecule has 1 unspecified atom stereocenters. The summed E-state index contributed by atoms with van der Waals surface area (Å²) in [6, 6.07) is 4.70. The van der Waals surface area contributed by atoms with E-state index in [9.17, 15) is 4.79 Å². The Labute approximate surface area is 98.9 Å². The molecule has 3 N–H and O–H groups in total. The van der Waals surface area contributed by atoms with Crippen LogP contribution >= 0.6 is 0 Å². The molecule has 2 aromatic rings. The second kappa shape index (κ2) is 3.85. The Hall–Kier alpha value is -1.88. The van der Waals surface area contributed by atoms with Gasteiger partial charge in [0.1, 0.15) is 6.04 Å². The van der Waals surface area contributed by atoms with E-state index in [0.717, 1.165) is 11.1 Å². The third-order valence-electron chi connectivity index (χ3n) is 3.16. The van der Waals surface area contributed by atoms with Crippen molar-refractivity contribution in [2.75, 3.05) is 0 Å². The number of nitrogens with two attached hydrogens (primary N) is 1. The summed E-state index contributed by atoms with van der Waals surface area (Å²) in [5.74, 6) is -1.01. The molecule has 0 aromatic carbocycles. The van der Waals surface area contributed by atoms with Crippen LogP contribution in [0.5, 0.6) is 0 Å². The molecule has 1 atom stereocenters. The average molecular weight is 233 g/mol. The van der Waals surface area contributed by atoms with Crippen LogP contribution in [0.4, 0.5) is 0 Å². The second-order valence-corrected chi connectivity index (χ2v) is 4.63. The Morgan fingerprint density at radius 1 is 1.53 bits per heavy atom. The molecule has 2 aromatic heterocycles. The van der Waals surface area contributed by atoms with E-state index in [1.54, 1.807) is 10.7 Å². The van der Waals surface area contributed by atoms with Crippen LogP contribution in [0.3, 0.4) is 0 Å². The number of carboxylic acids is 1. The van der Waals surface area contributed by atoms with Crippen LogP contribution < -0.4 is 5.73 Å². The van der Waals surface area contributed by atoms with E-state index in [0.29, 0.717) is 0 Å². The van der Waals surface area contributed by atoms with Crippen molar-refractivity contribution in [1.82, 2.24) is 9.61 Å². The normalized spacial score (nSPS) is 13.8. The van der Waals surface area contributed by atoms with E-state index in [4.69, 9.17) is 10.8 Å². The van der Waals surface area contributed by atoms with Gasteiger partial charge in [-0.15, -0.1) is 0 Å². The average Bonchev–Trinajstić information content (AvgIpc) is 2.72. The van der Waals surface area contributed by atoms with Gasteiger partial charge < -0.3 is 10.8 Å². The number of hydrogen-bond acceptors (Lipinski definition) is 3. The SMILES string of the molecule is CC(C)(c1cnn2ccccc12)C(N)C(=O)O. The lowest BCUT2D eigenvalue weighted by Crippen LogP contribution is -2.46. The van der Waals surface area contributed by atoms with Crippen LogP contribution in [0.15, 0.2) is 30.6 Å². The zero-order valence-electron chi connectivity index (χ0n) is 9.79. The van der Waals surface area contributed by atoms with Gasteiger partial charge in [-0.2, -0.15) is 5.10 Å². The number of rotatable bonds is 3. The first-order chi connectivity index (χ1) is 7.94. The van der Waals surface area contributed by atoms with E-state index in [1.807, 2.05) is 38.2 Å². The van der Waals surface area contributed by atoms with Gasteiger partial charge in [0.25, 0.3) is 0 Å². The molecule has 0 amide bonds. The molecule has 5 nitrogen and oxygen atoms in total. The summed E-state index contributed by atoms with van der Waals surface area (Å²) in [6.45, 7) is 3.63. The summed E-state index contributed by atoms with van der Waals surface area (Å²) in [7, 11) is 0. The molecule has 17 heavy (non-hydrogen) atoms. The Morgan fingerprint density at radius 2 is 2.24 bits per heavy atom. The highest BCUT2D eigenvalue weighted by Crippen LogP contribution is 2.29. The van der Waals surface area contributed by atoms with Crippen molar-refractivity contribution in [1.29, 1.82) is 0 Å². The fourth-order valence-electron chi connectivity index (χ4n) is 1.91. The van der Waals surface area contributed by atoms with Crippen LogP contribution in [0.2, 0.25) is 0 Å². The molecule has 2 rings (SSSR count). The maximum atomic E-state index is 11.0. The van der Waals surface area contributed by atoms with Crippen LogP contribution in [0.1, 0.15) is 19.4 Å². The first-order valence-electron chi connectivity index (χ1n) is 5.36. The molecule has 0 aliphatic heterocycles. The summed E-state index contributed by atoms with van der Waals surface area (Å²) < 4.78 is 1.71. The third kappa shape index (κ3) is 1.78. The highest BCUT2D eigenvalue weighted by atomic mass is 16.4. The largest absolute Gasteiger partial charge is 0.480 e. The summed E-state index contributed by atoms with van der Waals surface area (Å²) in [6.07, 6.45) is 3.50. The number of carboxylic acid groups (broad SMARTS) is 1. The Kier molecular flexibility index (Phi) is 2.63. The predicted molar refractivity (Wildman–Crippen MR) is 63.8 cm³/mol. The standard InChI is InChI=1S/C12H15N3O2/c1-12(2,10(13)11(16)17)8-7-14-15-6-4-3-5-9(8)15/h3-7,10H,13H2,1-2H3,(H,16,17). The van der Waals surface area contributed by atoms with Gasteiger partial charge in [-0.3, -0.25) is 4.79 Å². The van der Waals surface area contributed by atoms with Crippen molar-refractivity contribution in [3.05, 3.63) is 36.2 Å². The lowest BCUT2D eigenvalue weighted by Gasteiger charge is -2.27. The van der Waals surface area contributed by atoms with E-state index in [-0.39, 0.29) is 0 Å². The zero-order chi connectivity index (χ0) is 12.6. The number of aromatic nitrogens is 2. The molecule has 2 heterocycles. The summed E-state index contributed by atoms with van der Waals surface area (Å²) in [4.78, 5) is 11.0. The molecule has 0 aliphatic carbocycles. The minimum absolute atomic E-state index is 0.672. The smallest absolute Gasteiger partial charge is 0.321 e. The summed E-state index contributed by atoms with van der Waals surface area (Å²) in [5, 5.41) is 13.2. The van der Waals surface area contributed by atoms with Crippen LogP contribution in [0.25, 0.3) is 5.52 Å². The summed E-state index contributed by atoms with van der Waals surface area (Å²) >= 11 is 0. The quantitative estimate of drug-likeness (QED) is 0.829. The highest BCUT2D eigenvalue weighted by Gasteiger charge is 2.35. The minimum Gasteiger partial charge on any atom is -0.480 e. The fourth-order valence-corrected chi connectivity index (χ4v) is 1.91. The van der Waals surface area contributed by atoms with Crippen molar-refractivity contribution in [2.45, 2.75) is 25.3 Å². The van der Waals surface area contributed by atoms with Gasteiger partial charge in [0.05, 0.1) is 11.7 Å². The fraction of sp³-hybridized carbons (Fsp3) is 0.333. The van der Waals surface area contributed by atoms with E-state index in [2.05, 4.69) is 5.10 Å². The van der Waals surface area contributed by atoms with E-state index < -0.39 is 17.4 Å². The van der Waals surface area contributed by atoms with Crippen LogP contribution in [-0.2, 0) is 10.2 Å². The Morgan fingerprint density at radius 3 is 2.88 bits per heavy atom. The van der Waals surface area contributed by atoms with Crippen LogP contribution in [-0.4, -0.2) is 26.7 Å².